The molecule has 8 aromatic rings. The summed E-state index contributed by atoms with van der Waals surface area (Å²) < 4.78 is 93.6. The monoisotopic (exact) mass is 1880 g/mol. The number of esters is 5. The molecule has 0 atom stereocenters. The summed E-state index contributed by atoms with van der Waals surface area (Å²) in [5.74, 6) is -3.83. The fourth-order valence-electron chi connectivity index (χ4n) is 9.22. The van der Waals surface area contributed by atoms with Gasteiger partial charge in [0.2, 0.25) is 0 Å². The third-order valence-electron chi connectivity index (χ3n) is 16.3. The number of carboxylic acid groups (broad SMARTS) is 2. The average Bonchev–Trinajstić information content (AvgIpc) is 1.50. The number of nitrogens with one attached hydrogen (secondary N) is 1. The number of halogens is 6. The van der Waals surface area contributed by atoms with E-state index < -0.39 is 31.7 Å². The first-order valence-electron chi connectivity index (χ1n) is 40.3. The van der Waals surface area contributed by atoms with Gasteiger partial charge in [0, 0.05) is 70.4 Å². The molecule has 0 saturated heterocycles. The molecule has 8 aromatic heterocycles. The number of carbonyl (C=O) groups is 8. The number of aromatic amines is 1. The van der Waals surface area contributed by atoms with Gasteiger partial charge in [-0.2, -0.15) is 30.6 Å². The first-order chi connectivity index (χ1) is 57.7. The van der Waals surface area contributed by atoms with Crippen LogP contribution in [0.25, 0.3) is 17.1 Å². The maximum absolute atomic E-state index is 12.3. The number of H-pyrrole nitrogens is 1. The van der Waals surface area contributed by atoms with Gasteiger partial charge in [-0.1, -0.05) is 169 Å². The number of allylic oxidation sites excluding steroid dienone is 1. The van der Waals surface area contributed by atoms with Crippen molar-refractivity contribution in [2.45, 2.75) is 250 Å². The molecule has 0 aliphatic carbocycles. The fourth-order valence-corrected chi connectivity index (χ4v) is 9.85. The number of rotatable bonds is 21. The Hall–Kier alpha value is -10.1. The first-order valence-corrected chi connectivity index (χ1v) is 44.8. The molecule has 0 aliphatic rings. The van der Waals surface area contributed by atoms with E-state index in [2.05, 4.69) is 118 Å². The number of hydrogen-bond donors (Lipinski definition) is 3. The number of thioether (sulfide) groups is 2. The Morgan fingerprint density at radius 1 is 0.473 bits per heavy atom. The minimum absolute atomic E-state index is 0. The van der Waals surface area contributed by atoms with Crippen LogP contribution in [-0.2, 0) is 78.9 Å². The van der Waals surface area contributed by atoms with E-state index in [0.717, 1.165) is 28.5 Å². The van der Waals surface area contributed by atoms with Gasteiger partial charge in [-0.25, -0.2) is 72.0 Å². The van der Waals surface area contributed by atoms with Gasteiger partial charge in [-0.3, -0.25) is 19.4 Å². The van der Waals surface area contributed by atoms with Crippen molar-refractivity contribution in [3.8, 4) is 11.4 Å². The van der Waals surface area contributed by atoms with Crippen molar-refractivity contribution in [1.82, 2.24) is 83.9 Å². The van der Waals surface area contributed by atoms with Crippen LogP contribution in [0.1, 0.15) is 291 Å². The van der Waals surface area contributed by atoms with Crippen LogP contribution in [0.5, 0.6) is 0 Å². The van der Waals surface area contributed by atoms with Crippen molar-refractivity contribution in [3.63, 3.8) is 0 Å². The second-order valence-electron chi connectivity index (χ2n) is 35.5. The molecule has 8 rings (SSSR count). The fraction of sp³-hybridized carbons (Fsp3) is 0.565. The number of ketones is 1. The minimum Gasteiger partial charge on any atom is -0.870 e. The summed E-state index contributed by atoms with van der Waals surface area (Å²) in [5, 5.41) is 48.3. The zero-order chi connectivity index (χ0) is 98.5. The molecule has 44 heteroatoms. The summed E-state index contributed by atoms with van der Waals surface area (Å²) in [6, 6.07) is 10.3. The number of ether oxygens (including phenoxy) is 5. The molecule has 0 aromatic carbocycles. The smallest absolute Gasteiger partial charge is 0.870 e. The quantitative estimate of drug-likeness (QED) is 0.00692. The standard InChI is InChI=1S/C17H29N4O2.C15H20N4O2S.C13H16N4O2S.C12H18N2O4.C12H20N2O2.C10H16N2O2.C6H12O.F6P.Li.H2O/c1-9-23-16(22)14-10-15(17(2,3)4)18-21(14)13(11-19(5)6)12-20(7)8;1-6-21-13(20)11-7-12(15(2,3)4)18-19(11)10-8-16-14(22-5)17-9-10;1-13(2,3)10-5-9(11(18)19)17(16-10)8-6-14-12(20-4)15-7-8;1-5-18-11(17)8-6-9(12(2,3)4)13-14(8)7-10(15)16;1-6-14-9(11(15)16-7-2)8-10(13-14)12(3,4)5;1-5-14-9(13)7-6-8(12-11-7)10(2,3)4;1-5(7)6(2,3)4;1-7(2,3,4,5)6;;/h10-12H,9H2,1-8H3;7-9H,6H2,1-5H3;5-7H,1-4H3,(H,18,19);6H,5,7H2,1-4H3,(H,15,16);8H,6-7H2,1-5H3;6H,5H2,1-4H3,(H,11,12);1-4H3;;;1H2/q+1;;;;;;;-1;+1;/p-1. The topological polar surface area (TPSA) is 429 Å². The molecular weight excluding hydrogens is 1750 g/mol. The Morgan fingerprint density at radius 3 is 1.08 bits per heavy atom. The molecule has 0 spiro atoms. The van der Waals surface area contributed by atoms with Crippen molar-refractivity contribution in [1.29, 1.82) is 0 Å². The molecule has 0 saturated carbocycles. The van der Waals surface area contributed by atoms with Crippen LogP contribution >= 0.6 is 31.3 Å². The summed E-state index contributed by atoms with van der Waals surface area (Å²) in [5.41, 5.74) is 7.77. The van der Waals surface area contributed by atoms with Crippen molar-refractivity contribution in [2.75, 3.05) is 73.7 Å². The van der Waals surface area contributed by atoms with Gasteiger partial charge in [0.25, 0.3) is 0 Å². The van der Waals surface area contributed by atoms with E-state index in [1.807, 2.05) is 165 Å². The first kappa shape index (κ1) is 121. The number of aromatic nitrogens is 16. The number of aliphatic carboxylic acids is 1. The molecular formula is C85H132F6LiN18O16PS2. The molecule has 4 N–H and O–H groups in total. The van der Waals surface area contributed by atoms with Gasteiger partial charge in [-0.05, 0) is 97.4 Å². The largest absolute Gasteiger partial charge is 1.00 e. The van der Waals surface area contributed by atoms with E-state index in [1.54, 1.807) is 105 Å². The summed E-state index contributed by atoms with van der Waals surface area (Å²) in [4.78, 5) is 110. The molecule has 34 nitrogen and oxygen atoms in total. The van der Waals surface area contributed by atoms with Crippen LogP contribution in [0.4, 0.5) is 25.2 Å². The molecule has 0 amide bonds. The third kappa shape index (κ3) is 43.9. The number of aromatic carboxylic acids is 1. The second-order valence-corrected chi connectivity index (χ2v) is 38.9. The molecule has 0 fully saturated rings. The molecule has 0 unspecified atom stereocenters. The zero-order valence-electron chi connectivity index (χ0n) is 81.2. The van der Waals surface area contributed by atoms with E-state index >= 15 is 0 Å². The molecule has 129 heavy (non-hydrogen) atoms. The van der Waals surface area contributed by atoms with Crippen molar-refractivity contribution in [2.24, 2.45) is 5.41 Å². The van der Waals surface area contributed by atoms with Crippen LogP contribution in [0.15, 0.2) is 77.7 Å². The Balaban J connectivity index is 0. The SMILES string of the molecule is CC(=O)C(C)(C)C.CCOC(=O)c1cc(C(C)(C)C)[nH]n1.CCOC(=O)c1cc(C(C)(C)C)nn1-c1cnc(SC)nc1.CCOC(=O)c1cc(C(C)(C)C)nn1/C(C=[N+](C)C)=C\N(C)C.CCOC(=O)c1cc(C(C)(C)C)nn1CC.CCOC(=O)c1cc(C(C)(C)C)nn1CC(=O)O.CSc1ncc(-n2nc(C(C)(C)C)cc2C(=O)O)cn1.F[P-](F)(F)(F)(F)F.[Li+].[OH-]. The second kappa shape index (κ2) is 49.8. The predicted octanol–water partition coefficient (Wildman–Crippen LogP) is 14.8. The molecule has 8 heterocycles. The van der Waals surface area contributed by atoms with Gasteiger partial charge >= 0.3 is 93.6 Å². The average molecular weight is 1880 g/mol. The maximum Gasteiger partial charge on any atom is 1.00 e. The van der Waals surface area contributed by atoms with Crippen LogP contribution in [0.2, 0.25) is 0 Å². The van der Waals surface area contributed by atoms with E-state index in [1.165, 1.54) is 32.9 Å². The minimum atomic E-state index is -10.7. The van der Waals surface area contributed by atoms with E-state index in [9.17, 15) is 68.6 Å². The Bertz CT molecular complexity index is 5020. The van der Waals surface area contributed by atoms with Crippen LogP contribution in [0.3, 0.4) is 0 Å². The number of nitrogens with zero attached hydrogens (tertiary/aromatic N) is 17. The van der Waals surface area contributed by atoms with Crippen LogP contribution in [0, 0.1) is 5.41 Å². The summed E-state index contributed by atoms with van der Waals surface area (Å²) in [6.45, 7) is 56.6. The molecule has 0 radical (unpaired) electrons. The van der Waals surface area contributed by atoms with Gasteiger partial charge in [-0.15, -0.1) is 0 Å². The number of aryl methyl sites for hydroxylation is 1. The van der Waals surface area contributed by atoms with E-state index in [4.69, 9.17) is 28.8 Å². The van der Waals surface area contributed by atoms with Crippen molar-refractivity contribution >= 4 is 90.8 Å². The predicted molar refractivity (Wildman–Crippen MR) is 481 cm³/mol. The molecule has 0 bridgehead atoms. The Morgan fingerprint density at radius 2 is 0.775 bits per heavy atom. The number of carbonyl (C=O) groups excluding carboxylic acids is 6. The number of hydrogen-bond acceptors (Lipinski definition) is 27. The number of carboxylic acids is 2. The summed E-state index contributed by atoms with van der Waals surface area (Å²) in [6.07, 6.45) is 14.1. The van der Waals surface area contributed by atoms with Gasteiger partial charge < -0.3 is 44.3 Å². The maximum atomic E-state index is 12.3. The zero-order valence-corrected chi connectivity index (χ0v) is 83.7. The molecule has 0 aliphatic heterocycles. The van der Waals surface area contributed by atoms with E-state index in [-0.39, 0.29) is 110 Å². The van der Waals surface area contributed by atoms with Crippen LogP contribution < -0.4 is 18.9 Å². The van der Waals surface area contributed by atoms with Crippen LogP contribution in [-0.4, -0.2) is 232 Å². The number of Topliss-reactive ketones (excluding diaryl/α,β-unsaturated/α-hetero) is 1. The van der Waals surface area contributed by atoms with Gasteiger partial charge in [0.15, 0.2) is 39.3 Å². The summed E-state index contributed by atoms with van der Waals surface area (Å²) >= 11 is 2.88. The van der Waals surface area contributed by atoms with Crippen molar-refractivity contribution < 1.29 is 126 Å². The molecule has 718 valence electrons. The third-order valence-corrected chi connectivity index (χ3v) is 17.5. The Labute approximate surface area is 772 Å². The van der Waals surface area contributed by atoms with Gasteiger partial charge in [0.1, 0.15) is 54.9 Å². The normalized spacial score (nSPS) is 12.0. The van der Waals surface area contributed by atoms with Gasteiger partial charge in [0.05, 0.1) is 86.3 Å². The Kier molecular flexibility index (Phi) is 46.6. The summed E-state index contributed by atoms with van der Waals surface area (Å²) in [7, 11) is -2.93. The van der Waals surface area contributed by atoms with E-state index in [0.29, 0.717) is 88.8 Å². The van der Waals surface area contributed by atoms with Crippen molar-refractivity contribution in [3.05, 3.63) is 136 Å².